The molecule has 0 aliphatic rings. The summed E-state index contributed by atoms with van der Waals surface area (Å²) in [6, 6.07) is 2.91. The zero-order chi connectivity index (χ0) is 20.8. The molecule has 2 aromatic rings. The molecule has 0 spiro atoms. The van der Waals surface area contributed by atoms with Gasteiger partial charge in [0, 0.05) is 10.6 Å². The highest BCUT2D eigenvalue weighted by Crippen LogP contribution is 2.23. The average Bonchev–Trinajstić information content (AvgIpc) is 2.95. The fourth-order valence-electron chi connectivity index (χ4n) is 2.52. The predicted octanol–water partition coefficient (Wildman–Crippen LogP) is 3.60. The van der Waals surface area contributed by atoms with Crippen LogP contribution in [-0.4, -0.2) is 41.7 Å². The zero-order valence-electron chi connectivity index (χ0n) is 15.6. The fraction of sp³-hybridized carbons (Fsp3) is 0.316. The van der Waals surface area contributed by atoms with E-state index < -0.39 is 36.0 Å². The van der Waals surface area contributed by atoms with Crippen LogP contribution in [0.2, 0.25) is 0 Å². The van der Waals surface area contributed by atoms with Gasteiger partial charge in [0.1, 0.15) is 11.6 Å². The molecule has 1 aromatic heterocycles. The number of thioether (sulfide) groups is 1. The molecular formula is C19H19F2NO5S. The van der Waals surface area contributed by atoms with Gasteiger partial charge in [-0.25, -0.2) is 13.6 Å². The molecule has 1 heterocycles. The minimum Gasteiger partial charge on any atom is -0.462 e. The summed E-state index contributed by atoms with van der Waals surface area (Å²) in [5, 5.41) is 0. The summed E-state index contributed by atoms with van der Waals surface area (Å²) in [4.78, 5) is 38.9. The highest BCUT2D eigenvalue weighted by molar-refractivity contribution is 8.00. The molecule has 1 N–H and O–H groups in total. The second-order valence-electron chi connectivity index (χ2n) is 5.79. The first-order valence-electron chi connectivity index (χ1n) is 8.37. The number of aromatic amines is 1. The number of ether oxygens (including phenoxy) is 2. The summed E-state index contributed by atoms with van der Waals surface area (Å²) in [6.07, 6.45) is 0. The smallest absolute Gasteiger partial charge is 0.340 e. The first-order chi connectivity index (χ1) is 13.2. The third-order valence-electron chi connectivity index (χ3n) is 3.80. The largest absolute Gasteiger partial charge is 0.462 e. The Bertz CT molecular complexity index is 910. The number of carbonyl (C=O) groups excluding carboxylic acids is 3. The minimum absolute atomic E-state index is 0.0295. The molecule has 0 aliphatic carbocycles. The van der Waals surface area contributed by atoms with Gasteiger partial charge in [-0.2, -0.15) is 0 Å². The summed E-state index contributed by atoms with van der Waals surface area (Å²) >= 11 is 0.766. The van der Waals surface area contributed by atoms with Gasteiger partial charge >= 0.3 is 11.9 Å². The number of hydrogen-bond acceptors (Lipinski definition) is 6. The van der Waals surface area contributed by atoms with Crippen LogP contribution in [0.1, 0.15) is 39.0 Å². The monoisotopic (exact) mass is 411 g/mol. The Morgan fingerprint density at radius 3 is 2.54 bits per heavy atom. The van der Waals surface area contributed by atoms with E-state index in [0.29, 0.717) is 11.3 Å². The topological polar surface area (TPSA) is 85.5 Å². The number of halogens is 2. The highest BCUT2D eigenvalue weighted by Gasteiger charge is 2.23. The average molecular weight is 411 g/mol. The molecular weight excluding hydrogens is 392 g/mol. The molecule has 0 saturated carbocycles. The van der Waals surface area contributed by atoms with Crippen LogP contribution in [0.15, 0.2) is 23.1 Å². The van der Waals surface area contributed by atoms with E-state index in [2.05, 4.69) is 4.98 Å². The van der Waals surface area contributed by atoms with Crippen molar-refractivity contribution in [3.8, 4) is 0 Å². The van der Waals surface area contributed by atoms with Crippen molar-refractivity contribution in [2.75, 3.05) is 19.0 Å². The lowest BCUT2D eigenvalue weighted by atomic mass is 10.1. The van der Waals surface area contributed by atoms with Crippen LogP contribution >= 0.6 is 11.8 Å². The Morgan fingerprint density at radius 1 is 1.14 bits per heavy atom. The minimum atomic E-state index is -0.756. The van der Waals surface area contributed by atoms with E-state index in [-0.39, 0.29) is 28.5 Å². The number of nitrogens with one attached hydrogen (secondary N) is 1. The molecule has 0 aliphatic heterocycles. The maximum atomic E-state index is 13.5. The van der Waals surface area contributed by atoms with Gasteiger partial charge < -0.3 is 14.5 Å². The molecule has 0 atom stereocenters. The maximum Gasteiger partial charge on any atom is 0.340 e. The lowest BCUT2D eigenvalue weighted by Crippen LogP contribution is -2.17. The molecule has 0 radical (unpaired) electrons. The van der Waals surface area contributed by atoms with E-state index in [1.54, 1.807) is 20.8 Å². The first kappa shape index (κ1) is 21.6. The Morgan fingerprint density at radius 2 is 1.86 bits per heavy atom. The van der Waals surface area contributed by atoms with Crippen molar-refractivity contribution in [2.24, 2.45) is 0 Å². The van der Waals surface area contributed by atoms with Crippen molar-refractivity contribution < 1.29 is 32.6 Å². The van der Waals surface area contributed by atoms with Crippen molar-refractivity contribution >= 4 is 29.5 Å². The van der Waals surface area contributed by atoms with Crippen LogP contribution in [0.4, 0.5) is 8.78 Å². The predicted molar refractivity (Wildman–Crippen MR) is 98.6 cm³/mol. The Labute approximate surface area is 164 Å². The van der Waals surface area contributed by atoms with Crippen molar-refractivity contribution in [2.45, 2.75) is 25.7 Å². The summed E-state index contributed by atoms with van der Waals surface area (Å²) in [5.41, 5.74) is 1.31. The summed E-state index contributed by atoms with van der Waals surface area (Å²) in [7, 11) is 0. The molecule has 0 bridgehead atoms. The molecule has 0 unspecified atom stereocenters. The lowest BCUT2D eigenvalue weighted by Gasteiger charge is -2.06. The quantitative estimate of drug-likeness (QED) is 0.406. The van der Waals surface area contributed by atoms with Crippen molar-refractivity contribution in [3.63, 3.8) is 0 Å². The number of carbonyl (C=O) groups is 3. The molecule has 9 heteroatoms. The number of hydrogen-bond donors (Lipinski definition) is 1. The van der Waals surface area contributed by atoms with Gasteiger partial charge in [0.2, 0.25) is 5.78 Å². The van der Waals surface area contributed by atoms with Crippen LogP contribution in [0.5, 0.6) is 0 Å². The lowest BCUT2D eigenvalue weighted by molar-refractivity contribution is -0.139. The highest BCUT2D eigenvalue weighted by atomic mass is 32.2. The van der Waals surface area contributed by atoms with Gasteiger partial charge in [-0.1, -0.05) is 0 Å². The second kappa shape index (κ2) is 9.50. The summed E-state index contributed by atoms with van der Waals surface area (Å²) in [6.45, 7) is 4.55. The number of benzene rings is 1. The van der Waals surface area contributed by atoms with Crippen LogP contribution < -0.4 is 0 Å². The van der Waals surface area contributed by atoms with Gasteiger partial charge in [-0.3, -0.25) is 9.59 Å². The third-order valence-corrected chi connectivity index (χ3v) is 4.80. The summed E-state index contributed by atoms with van der Waals surface area (Å²) < 4.78 is 36.5. The number of aromatic nitrogens is 1. The second-order valence-corrected chi connectivity index (χ2v) is 6.81. The Kier molecular flexibility index (Phi) is 7.33. The molecule has 6 nitrogen and oxygen atoms in total. The Balaban J connectivity index is 1.95. The maximum absolute atomic E-state index is 13.5. The number of H-pyrrole nitrogens is 1. The molecule has 150 valence electrons. The number of Topliss-reactive ketones (excluding diaryl/α,β-unsaturated/α-hetero) is 1. The number of ketones is 1. The normalized spacial score (nSPS) is 10.6. The number of esters is 2. The number of rotatable bonds is 8. The van der Waals surface area contributed by atoms with Gasteiger partial charge in [0.05, 0.1) is 23.6 Å². The van der Waals surface area contributed by atoms with E-state index in [1.165, 1.54) is 0 Å². The van der Waals surface area contributed by atoms with Crippen LogP contribution in [-0.2, 0) is 14.3 Å². The van der Waals surface area contributed by atoms with Crippen molar-refractivity contribution in [1.82, 2.24) is 4.98 Å². The molecule has 28 heavy (non-hydrogen) atoms. The van der Waals surface area contributed by atoms with Gasteiger partial charge in [0.25, 0.3) is 0 Å². The fourth-order valence-corrected chi connectivity index (χ4v) is 3.28. The van der Waals surface area contributed by atoms with Gasteiger partial charge in [-0.05, 0) is 44.5 Å². The summed E-state index contributed by atoms with van der Waals surface area (Å²) in [5.74, 6) is -3.38. The van der Waals surface area contributed by atoms with E-state index in [9.17, 15) is 23.2 Å². The van der Waals surface area contributed by atoms with Gasteiger partial charge in [-0.15, -0.1) is 11.8 Å². The Hall–Kier alpha value is -2.68. The van der Waals surface area contributed by atoms with Crippen molar-refractivity contribution in [1.29, 1.82) is 0 Å². The van der Waals surface area contributed by atoms with E-state index in [4.69, 9.17) is 9.47 Å². The zero-order valence-corrected chi connectivity index (χ0v) is 16.4. The van der Waals surface area contributed by atoms with Crippen LogP contribution in [0.25, 0.3) is 0 Å². The third kappa shape index (κ3) is 5.19. The first-order valence-corrected chi connectivity index (χ1v) is 9.36. The molecule has 0 fully saturated rings. The molecule has 1 aromatic carbocycles. The van der Waals surface area contributed by atoms with Gasteiger partial charge in [0.15, 0.2) is 6.61 Å². The molecule has 0 amide bonds. The SMILES string of the molecule is CCOC(=O)c1c(C)[nH]c(C(=O)COC(=O)CSc2cc(F)ccc2F)c1C. The number of aryl methyl sites for hydroxylation is 1. The molecule has 2 rings (SSSR count). The van der Waals surface area contributed by atoms with E-state index in [1.807, 2.05) is 0 Å². The van der Waals surface area contributed by atoms with Crippen LogP contribution in [0.3, 0.4) is 0 Å². The standard InChI is InChI=1S/C19H19F2NO5S/c1-4-26-19(25)17-10(2)18(22-11(17)3)14(23)8-27-16(24)9-28-15-7-12(20)5-6-13(15)21/h5-7,22H,4,8-9H2,1-3H3. The van der Waals surface area contributed by atoms with Crippen LogP contribution in [0, 0.1) is 25.5 Å². The van der Waals surface area contributed by atoms with E-state index >= 15 is 0 Å². The van der Waals surface area contributed by atoms with E-state index in [0.717, 1.165) is 30.0 Å². The van der Waals surface area contributed by atoms with Crippen molar-refractivity contribution in [3.05, 3.63) is 52.3 Å². The molecule has 0 saturated heterocycles.